The van der Waals surface area contributed by atoms with Crippen molar-refractivity contribution in [2.45, 2.75) is 29.4 Å². The lowest BCUT2D eigenvalue weighted by atomic mass is 10.0. The van der Waals surface area contributed by atoms with Crippen LogP contribution in [0.5, 0.6) is 0 Å². The fourth-order valence-corrected chi connectivity index (χ4v) is 4.99. The summed E-state index contributed by atoms with van der Waals surface area (Å²) in [6.07, 6.45) is 2.81. The highest BCUT2D eigenvalue weighted by atomic mass is 35.5. The molecule has 27 heavy (non-hydrogen) atoms. The number of hydrogen-bond donors (Lipinski definition) is 1. The molecule has 1 saturated carbocycles. The Bertz CT molecular complexity index is 950. The molecular formula is C17H17ClN2O5S2. The van der Waals surface area contributed by atoms with E-state index in [0.717, 1.165) is 0 Å². The molecule has 0 aliphatic heterocycles. The first kappa shape index (κ1) is 19.9. The average molecular weight is 429 g/mol. The number of halogens is 1. The van der Waals surface area contributed by atoms with Crippen LogP contribution in [0.25, 0.3) is 0 Å². The van der Waals surface area contributed by atoms with Crippen molar-refractivity contribution in [3.8, 4) is 0 Å². The van der Waals surface area contributed by atoms with E-state index in [9.17, 15) is 13.2 Å². The summed E-state index contributed by atoms with van der Waals surface area (Å²) in [7, 11) is -3.31. The van der Waals surface area contributed by atoms with E-state index in [0.29, 0.717) is 27.7 Å². The second-order valence-corrected chi connectivity index (χ2v) is 9.90. The summed E-state index contributed by atoms with van der Waals surface area (Å²) in [6, 6.07) is 6.00. The Kier molecular flexibility index (Phi) is 6.25. The van der Waals surface area contributed by atoms with Gasteiger partial charge in [0.25, 0.3) is 0 Å². The van der Waals surface area contributed by atoms with Crippen molar-refractivity contribution >= 4 is 44.3 Å². The number of ketones is 1. The first-order chi connectivity index (χ1) is 12.9. The van der Waals surface area contributed by atoms with E-state index in [1.807, 2.05) is 0 Å². The molecule has 1 heterocycles. The number of rotatable bonds is 9. The van der Waals surface area contributed by atoms with Crippen LogP contribution in [0, 0.1) is 0 Å². The maximum atomic E-state index is 12.6. The molecule has 1 aliphatic carbocycles. The SMILES string of the molecule is O=C(Cc1ncc(Cl)s1)/C(=N/OCCO)c1ccc(S(=O)(=O)C2CC2)cc1. The van der Waals surface area contributed by atoms with Crippen molar-refractivity contribution in [2.75, 3.05) is 13.2 Å². The fraction of sp³-hybridized carbons (Fsp3) is 0.353. The molecule has 1 fully saturated rings. The van der Waals surface area contributed by atoms with Crippen LogP contribution in [0.2, 0.25) is 4.34 Å². The monoisotopic (exact) mass is 428 g/mol. The number of sulfone groups is 1. The summed E-state index contributed by atoms with van der Waals surface area (Å²) in [5.41, 5.74) is 0.459. The number of carbonyl (C=O) groups excluding carboxylic acids is 1. The third-order valence-corrected chi connectivity index (χ3v) is 7.25. The van der Waals surface area contributed by atoms with Crippen molar-refractivity contribution < 1.29 is 23.2 Å². The van der Waals surface area contributed by atoms with Gasteiger partial charge >= 0.3 is 0 Å². The van der Waals surface area contributed by atoms with Crippen molar-refractivity contribution in [3.63, 3.8) is 0 Å². The van der Waals surface area contributed by atoms with Gasteiger partial charge < -0.3 is 9.94 Å². The number of aromatic nitrogens is 1. The smallest absolute Gasteiger partial charge is 0.191 e. The minimum Gasteiger partial charge on any atom is -0.393 e. The van der Waals surface area contributed by atoms with Gasteiger partial charge in [0.05, 0.1) is 29.4 Å². The van der Waals surface area contributed by atoms with Gasteiger partial charge in [-0.15, -0.1) is 11.3 Å². The van der Waals surface area contributed by atoms with Gasteiger partial charge in [-0.3, -0.25) is 4.79 Å². The molecule has 0 atom stereocenters. The molecule has 3 rings (SSSR count). The maximum absolute atomic E-state index is 12.6. The van der Waals surface area contributed by atoms with Crippen LogP contribution in [-0.2, 0) is 25.9 Å². The highest BCUT2D eigenvalue weighted by molar-refractivity contribution is 7.92. The van der Waals surface area contributed by atoms with Gasteiger partial charge in [-0.25, -0.2) is 13.4 Å². The third kappa shape index (κ3) is 4.92. The van der Waals surface area contributed by atoms with Crippen LogP contribution >= 0.6 is 22.9 Å². The number of carbonyl (C=O) groups is 1. The molecule has 0 radical (unpaired) electrons. The number of aliphatic hydroxyl groups is 1. The predicted molar refractivity (Wildman–Crippen MR) is 102 cm³/mol. The number of thiazole rings is 1. The van der Waals surface area contributed by atoms with Crippen LogP contribution in [-0.4, -0.2) is 48.5 Å². The Balaban J connectivity index is 1.83. The Morgan fingerprint density at radius 3 is 2.59 bits per heavy atom. The number of Topliss-reactive ketones (excluding diaryl/α,β-unsaturated/α-hetero) is 1. The summed E-state index contributed by atoms with van der Waals surface area (Å²) in [5, 5.41) is 12.9. The second kappa shape index (κ2) is 8.47. The summed E-state index contributed by atoms with van der Waals surface area (Å²) < 4.78 is 25.1. The number of benzene rings is 1. The van der Waals surface area contributed by atoms with E-state index < -0.39 is 9.84 Å². The van der Waals surface area contributed by atoms with Crippen LogP contribution in [0.3, 0.4) is 0 Å². The molecule has 1 aliphatic rings. The van der Waals surface area contributed by atoms with E-state index in [2.05, 4.69) is 10.1 Å². The average Bonchev–Trinajstić information content (AvgIpc) is 3.43. The topological polar surface area (TPSA) is 106 Å². The molecule has 1 aromatic carbocycles. The highest BCUT2D eigenvalue weighted by Gasteiger charge is 2.36. The van der Waals surface area contributed by atoms with Gasteiger partial charge in [-0.05, 0) is 25.0 Å². The Hall–Kier alpha value is -1.81. The molecular weight excluding hydrogens is 412 g/mol. The van der Waals surface area contributed by atoms with Crippen molar-refractivity contribution in [3.05, 3.63) is 45.4 Å². The van der Waals surface area contributed by atoms with Crippen LogP contribution in [0.1, 0.15) is 23.4 Å². The van der Waals surface area contributed by atoms with Gasteiger partial charge in [0.15, 0.2) is 21.3 Å². The number of hydrogen-bond acceptors (Lipinski definition) is 8. The van der Waals surface area contributed by atoms with Gasteiger partial charge in [-0.1, -0.05) is 28.9 Å². The van der Waals surface area contributed by atoms with Crippen LogP contribution in [0.15, 0.2) is 40.5 Å². The van der Waals surface area contributed by atoms with E-state index in [4.69, 9.17) is 21.5 Å². The number of nitrogens with zero attached hydrogens (tertiary/aromatic N) is 2. The molecule has 0 bridgehead atoms. The molecule has 10 heteroatoms. The van der Waals surface area contributed by atoms with Crippen molar-refractivity contribution in [1.29, 1.82) is 0 Å². The first-order valence-corrected chi connectivity index (χ1v) is 10.9. The Morgan fingerprint density at radius 1 is 1.33 bits per heavy atom. The summed E-state index contributed by atoms with van der Waals surface area (Å²) >= 11 is 7.03. The van der Waals surface area contributed by atoms with E-state index in [1.54, 1.807) is 0 Å². The minimum absolute atomic E-state index is 0.0131. The Labute approximate surface area is 165 Å². The van der Waals surface area contributed by atoms with Gasteiger partial charge in [0.2, 0.25) is 0 Å². The summed E-state index contributed by atoms with van der Waals surface area (Å²) in [4.78, 5) is 21.9. The quantitative estimate of drug-likeness (QED) is 0.373. The normalized spacial score (nSPS) is 15.0. The minimum atomic E-state index is -3.31. The van der Waals surface area contributed by atoms with Gasteiger partial charge in [0, 0.05) is 5.56 Å². The zero-order valence-corrected chi connectivity index (χ0v) is 16.6. The number of aliphatic hydroxyl groups excluding tert-OH is 1. The predicted octanol–water partition coefficient (Wildman–Crippen LogP) is 2.26. The zero-order valence-electron chi connectivity index (χ0n) is 14.2. The third-order valence-electron chi connectivity index (χ3n) is 3.86. The van der Waals surface area contributed by atoms with E-state index in [-0.39, 0.29) is 41.3 Å². The first-order valence-electron chi connectivity index (χ1n) is 8.20. The molecule has 0 unspecified atom stereocenters. The van der Waals surface area contributed by atoms with E-state index >= 15 is 0 Å². The molecule has 0 spiro atoms. The Morgan fingerprint density at radius 2 is 2.04 bits per heavy atom. The molecule has 2 aromatic rings. The van der Waals surface area contributed by atoms with E-state index in [1.165, 1.54) is 41.8 Å². The highest BCUT2D eigenvalue weighted by Crippen LogP contribution is 2.33. The largest absolute Gasteiger partial charge is 0.393 e. The van der Waals surface area contributed by atoms with Crippen LogP contribution < -0.4 is 0 Å². The van der Waals surface area contributed by atoms with Crippen molar-refractivity contribution in [1.82, 2.24) is 4.98 Å². The lowest BCUT2D eigenvalue weighted by Gasteiger charge is -2.07. The summed E-state index contributed by atoms with van der Waals surface area (Å²) in [5.74, 6) is -0.350. The molecule has 0 saturated heterocycles. The fourth-order valence-electron chi connectivity index (χ4n) is 2.38. The van der Waals surface area contributed by atoms with Gasteiger partial charge in [-0.2, -0.15) is 0 Å². The van der Waals surface area contributed by atoms with Crippen molar-refractivity contribution in [2.24, 2.45) is 5.16 Å². The standard InChI is InChI=1S/C17H17ClN2O5S2/c18-15-10-19-16(26-15)9-14(22)17(20-25-8-7-21)11-1-3-12(4-2-11)27(23,24)13-5-6-13/h1-4,10,13,21H,5-9H2/b20-17+. The van der Waals surface area contributed by atoms with Gasteiger partial charge in [0.1, 0.15) is 16.0 Å². The van der Waals surface area contributed by atoms with Crippen LogP contribution in [0.4, 0.5) is 0 Å². The molecule has 1 N–H and O–H groups in total. The summed E-state index contributed by atoms with van der Waals surface area (Å²) in [6.45, 7) is -0.306. The second-order valence-electron chi connectivity index (χ2n) is 5.92. The molecule has 1 aromatic heterocycles. The number of oxime groups is 1. The molecule has 7 nitrogen and oxygen atoms in total. The zero-order chi connectivity index (χ0) is 19.4. The lowest BCUT2D eigenvalue weighted by molar-refractivity contribution is -0.112. The maximum Gasteiger partial charge on any atom is 0.191 e. The molecule has 0 amide bonds. The lowest BCUT2D eigenvalue weighted by Crippen LogP contribution is -2.19. The molecule has 144 valence electrons.